The molecule has 0 unspecified atom stereocenters. The Hall–Kier alpha value is -1.32. The van der Waals surface area contributed by atoms with Crippen molar-refractivity contribution in [3.8, 4) is 0 Å². The zero-order valence-corrected chi connectivity index (χ0v) is 11.6. The summed E-state index contributed by atoms with van der Waals surface area (Å²) in [5.74, 6) is 0. The van der Waals surface area contributed by atoms with Crippen molar-refractivity contribution in [2.75, 3.05) is 0 Å². The van der Waals surface area contributed by atoms with Crippen molar-refractivity contribution in [3.05, 3.63) is 50.8 Å². The van der Waals surface area contributed by atoms with Crippen LogP contribution in [0.2, 0.25) is 10.0 Å². The topological polar surface area (TPSA) is 34.9 Å². The van der Waals surface area contributed by atoms with Crippen molar-refractivity contribution in [1.82, 2.24) is 9.78 Å². The van der Waals surface area contributed by atoms with E-state index in [0.717, 1.165) is 23.2 Å². The largest absolute Gasteiger partial charge is 0.298 e. The summed E-state index contributed by atoms with van der Waals surface area (Å²) >= 11 is 12.0. The molecule has 0 aliphatic heterocycles. The van der Waals surface area contributed by atoms with Gasteiger partial charge in [-0.25, -0.2) is 0 Å². The molecule has 2 rings (SSSR count). The van der Waals surface area contributed by atoms with Gasteiger partial charge in [-0.3, -0.25) is 9.48 Å². The van der Waals surface area contributed by atoms with Crippen LogP contribution in [0.5, 0.6) is 0 Å². The maximum absolute atomic E-state index is 10.9. The fraction of sp³-hybridized carbons (Fsp3) is 0.231. The molecule has 0 bridgehead atoms. The predicted molar refractivity (Wildman–Crippen MR) is 72.7 cm³/mol. The van der Waals surface area contributed by atoms with Gasteiger partial charge in [0.15, 0.2) is 6.29 Å². The Morgan fingerprint density at radius 3 is 2.61 bits per heavy atom. The lowest BCUT2D eigenvalue weighted by Gasteiger charge is -2.07. The van der Waals surface area contributed by atoms with E-state index < -0.39 is 0 Å². The second-order valence-corrected chi connectivity index (χ2v) is 4.94. The average Bonchev–Trinajstić information content (AvgIpc) is 2.58. The maximum atomic E-state index is 10.9. The Bertz CT molecular complexity index is 605. The van der Waals surface area contributed by atoms with E-state index in [1.807, 2.05) is 19.9 Å². The fourth-order valence-corrected chi connectivity index (χ4v) is 2.31. The van der Waals surface area contributed by atoms with Crippen LogP contribution < -0.4 is 0 Å². The van der Waals surface area contributed by atoms with E-state index in [4.69, 9.17) is 23.2 Å². The predicted octanol–water partition coefficient (Wildman–Crippen LogP) is 3.67. The van der Waals surface area contributed by atoms with E-state index in [1.54, 1.807) is 16.8 Å². The van der Waals surface area contributed by atoms with Gasteiger partial charge in [-0.05, 0) is 31.5 Å². The minimum atomic E-state index is 0.524. The average molecular weight is 283 g/mol. The molecular formula is C13H12Cl2N2O. The number of halogens is 2. The van der Waals surface area contributed by atoms with Gasteiger partial charge >= 0.3 is 0 Å². The van der Waals surface area contributed by atoms with Crippen LogP contribution in [-0.4, -0.2) is 16.1 Å². The van der Waals surface area contributed by atoms with Gasteiger partial charge in [0.2, 0.25) is 0 Å². The zero-order chi connectivity index (χ0) is 13.3. The quantitative estimate of drug-likeness (QED) is 0.805. The minimum absolute atomic E-state index is 0.524. The first kappa shape index (κ1) is 13.1. The number of hydrogen-bond donors (Lipinski definition) is 0. The van der Waals surface area contributed by atoms with Gasteiger partial charge in [0.25, 0.3) is 0 Å². The number of carbonyl (C=O) groups is 1. The molecule has 5 heteroatoms. The second kappa shape index (κ2) is 5.12. The van der Waals surface area contributed by atoms with Gasteiger partial charge in [-0.15, -0.1) is 0 Å². The summed E-state index contributed by atoms with van der Waals surface area (Å²) in [6.07, 6.45) is 0.831. The molecule has 94 valence electrons. The lowest BCUT2D eigenvalue weighted by molar-refractivity contribution is 0.112. The van der Waals surface area contributed by atoms with E-state index in [2.05, 4.69) is 5.10 Å². The highest BCUT2D eigenvalue weighted by Crippen LogP contribution is 2.22. The van der Waals surface area contributed by atoms with Crippen LogP contribution >= 0.6 is 23.2 Å². The first-order chi connectivity index (χ1) is 8.52. The van der Waals surface area contributed by atoms with E-state index in [-0.39, 0.29) is 0 Å². The van der Waals surface area contributed by atoms with Crippen LogP contribution in [0.3, 0.4) is 0 Å². The lowest BCUT2D eigenvalue weighted by atomic mass is 10.2. The van der Waals surface area contributed by atoms with Crippen LogP contribution in [-0.2, 0) is 6.54 Å². The number of aromatic nitrogens is 2. The molecule has 0 saturated heterocycles. The van der Waals surface area contributed by atoms with Crippen LogP contribution in [0.25, 0.3) is 0 Å². The number of aryl methyl sites for hydroxylation is 1. The Kier molecular flexibility index (Phi) is 3.73. The number of aldehydes is 1. The normalized spacial score (nSPS) is 10.7. The molecule has 0 spiro atoms. The smallest absolute Gasteiger partial charge is 0.153 e. The van der Waals surface area contributed by atoms with Crippen molar-refractivity contribution >= 4 is 29.5 Å². The third kappa shape index (κ3) is 2.42. The van der Waals surface area contributed by atoms with Gasteiger partial charge in [-0.1, -0.05) is 29.3 Å². The van der Waals surface area contributed by atoms with Gasteiger partial charge in [0, 0.05) is 15.7 Å². The molecule has 2 aromatic rings. The Labute approximate surface area is 115 Å². The molecule has 18 heavy (non-hydrogen) atoms. The van der Waals surface area contributed by atoms with Crippen molar-refractivity contribution in [2.45, 2.75) is 20.4 Å². The molecule has 0 N–H and O–H groups in total. The van der Waals surface area contributed by atoms with Crippen LogP contribution in [0.1, 0.15) is 27.3 Å². The van der Waals surface area contributed by atoms with Crippen LogP contribution in [0.15, 0.2) is 18.2 Å². The summed E-state index contributed by atoms with van der Waals surface area (Å²) in [5.41, 5.74) is 3.13. The molecule has 1 heterocycles. The number of carbonyl (C=O) groups excluding carboxylic acids is 1. The Morgan fingerprint density at radius 2 is 2.06 bits per heavy atom. The summed E-state index contributed by atoms with van der Waals surface area (Å²) < 4.78 is 1.77. The standard InChI is InChI=1S/C13H12Cl2N2O/c1-8-12(7-18)9(2)17(16-8)6-10-3-4-11(14)5-13(10)15/h3-5,7H,6H2,1-2H3. The third-order valence-corrected chi connectivity index (χ3v) is 3.48. The van der Waals surface area contributed by atoms with Gasteiger partial charge in [-0.2, -0.15) is 5.10 Å². The first-order valence-electron chi connectivity index (χ1n) is 5.46. The van der Waals surface area contributed by atoms with E-state index in [1.165, 1.54) is 0 Å². The van der Waals surface area contributed by atoms with Gasteiger partial charge < -0.3 is 0 Å². The van der Waals surface area contributed by atoms with E-state index in [0.29, 0.717) is 22.2 Å². The molecule has 1 aromatic carbocycles. The lowest BCUT2D eigenvalue weighted by Crippen LogP contribution is -2.04. The van der Waals surface area contributed by atoms with Crippen molar-refractivity contribution < 1.29 is 4.79 Å². The molecule has 0 atom stereocenters. The molecule has 0 aliphatic carbocycles. The molecule has 0 aliphatic rings. The van der Waals surface area contributed by atoms with E-state index in [9.17, 15) is 4.79 Å². The number of nitrogens with zero attached hydrogens (tertiary/aromatic N) is 2. The molecule has 0 radical (unpaired) electrons. The summed E-state index contributed by atoms with van der Waals surface area (Å²) in [4.78, 5) is 10.9. The number of rotatable bonds is 3. The summed E-state index contributed by atoms with van der Waals surface area (Å²) in [5, 5.41) is 5.54. The van der Waals surface area contributed by atoms with Gasteiger partial charge in [0.1, 0.15) is 0 Å². The van der Waals surface area contributed by atoms with Crippen LogP contribution in [0, 0.1) is 13.8 Å². The van der Waals surface area contributed by atoms with Crippen molar-refractivity contribution in [3.63, 3.8) is 0 Å². The molecule has 0 fully saturated rings. The third-order valence-electron chi connectivity index (χ3n) is 2.89. The highest BCUT2D eigenvalue weighted by Gasteiger charge is 2.11. The second-order valence-electron chi connectivity index (χ2n) is 4.10. The Morgan fingerprint density at radius 1 is 1.33 bits per heavy atom. The molecule has 1 aromatic heterocycles. The fourth-order valence-electron chi connectivity index (χ4n) is 1.85. The van der Waals surface area contributed by atoms with Gasteiger partial charge in [0.05, 0.1) is 17.8 Å². The molecule has 3 nitrogen and oxygen atoms in total. The highest BCUT2D eigenvalue weighted by atomic mass is 35.5. The molecular weight excluding hydrogens is 271 g/mol. The SMILES string of the molecule is Cc1nn(Cc2ccc(Cl)cc2Cl)c(C)c1C=O. The Balaban J connectivity index is 2.37. The number of benzene rings is 1. The highest BCUT2D eigenvalue weighted by molar-refractivity contribution is 6.35. The summed E-state index contributed by atoms with van der Waals surface area (Å²) in [6.45, 7) is 4.21. The van der Waals surface area contributed by atoms with Crippen molar-refractivity contribution in [2.24, 2.45) is 0 Å². The minimum Gasteiger partial charge on any atom is -0.298 e. The zero-order valence-electron chi connectivity index (χ0n) is 10.1. The maximum Gasteiger partial charge on any atom is 0.153 e. The van der Waals surface area contributed by atoms with Crippen molar-refractivity contribution in [1.29, 1.82) is 0 Å². The summed E-state index contributed by atoms with van der Waals surface area (Å²) in [6, 6.07) is 5.35. The monoisotopic (exact) mass is 282 g/mol. The van der Waals surface area contributed by atoms with Crippen LogP contribution in [0.4, 0.5) is 0 Å². The number of hydrogen-bond acceptors (Lipinski definition) is 2. The first-order valence-corrected chi connectivity index (χ1v) is 6.21. The van der Waals surface area contributed by atoms with E-state index >= 15 is 0 Å². The summed E-state index contributed by atoms with van der Waals surface area (Å²) in [7, 11) is 0. The molecule has 0 saturated carbocycles. The molecule has 0 amide bonds.